The molecular formula is C20H21N3OS. The third-order valence-electron chi connectivity index (χ3n) is 4.02. The Morgan fingerprint density at radius 2 is 1.76 bits per heavy atom. The molecule has 3 rings (SSSR count). The maximum Gasteiger partial charge on any atom is 0.191 e. The van der Waals surface area contributed by atoms with E-state index in [1.54, 1.807) is 11.8 Å². The van der Waals surface area contributed by atoms with Crippen LogP contribution in [0.2, 0.25) is 0 Å². The second kappa shape index (κ2) is 8.12. The van der Waals surface area contributed by atoms with Gasteiger partial charge in [0.25, 0.3) is 0 Å². The first-order valence-electron chi connectivity index (χ1n) is 8.32. The summed E-state index contributed by atoms with van der Waals surface area (Å²) in [5.74, 6) is 1.90. The van der Waals surface area contributed by atoms with Crippen LogP contribution in [0.4, 0.5) is 0 Å². The van der Waals surface area contributed by atoms with Gasteiger partial charge in [-0.1, -0.05) is 71.9 Å². The summed E-state index contributed by atoms with van der Waals surface area (Å²) in [6.07, 6.45) is 1.38. The first kappa shape index (κ1) is 17.4. The molecule has 0 radical (unpaired) electrons. The van der Waals surface area contributed by atoms with Crippen LogP contribution in [0.25, 0.3) is 11.4 Å². The van der Waals surface area contributed by atoms with E-state index in [1.165, 1.54) is 5.56 Å². The molecule has 0 N–H and O–H groups in total. The summed E-state index contributed by atoms with van der Waals surface area (Å²) in [7, 11) is 1.98. The van der Waals surface area contributed by atoms with Gasteiger partial charge in [-0.25, -0.2) is 0 Å². The highest BCUT2D eigenvalue weighted by Gasteiger charge is 2.11. The number of hydrogen-bond acceptors (Lipinski definition) is 4. The number of nitrogens with zero attached hydrogens (tertiary/aromatic N) is 3. The van der Waals surface area contributed by atoms with Crippen molar-refractivity contribution in [2.75, 3.05) is 5.75 Å². The maximum atomic E-state index is 12.1. The zero-order valence-electron chi connectivity index (χ0n) is 14.5. The summed E-state index contributed by atoms with van der Waals surface area (Å²) >= 11 is 1.64. The minimum Gasteiger partial charge on any atom is -0.305 e. The van der Waals surface area contributed by atoms with Gasteiger partial charge in [0.05, 0.1) is 0 Å². The zero-order valence-corrected chi connectivity index (χ0v) is 15.3. The van der Waals surface area contributed by atoms with Crippen LogP contribution in [0.5, 0.6) is 0 Å². The van der Waals surface area contributed by atoms with Gasteiger partial charge in [0.15, 0.2) is 16.8 Å². The fraction of sp³-hybridized carbons (Fsp3) is 0.250. The van der Waals surface area contributed by atoms with Gasteiger partial charge in [0, 0.05) is 30.3 Å². The minimum absolute atomic E-state index is 0.194. The van der Waals surface area contributed by atoms with E-state index in [-0.39, 0.29) is 5.78 Å². The van der Waals surface area contributed by atoms with Crippen LogP contribution in [0.3, 0.4) is 0 Å². The standard InChI is InChI=1S/C20H21N3OS/c1-15-10-12-17(13-11-15)19-21-22-20(23(19)2)25-14-6-9-18(24)16-7-4-3-5-8-16/h3-5,7-8,10-13H,6,9,14H2,1-2H3. The van der Waals surface area contributed by atoms with E-state index in [0.717, 1.165) is 34.3 Å². The van der Waals surface area contributed by atoms with E-state index in [9.17, 15) is 4.79 Å². The molecule has 0 saturated carbocycles. The van der Waals surface area contributed by atoms with Gasteiger partial charge in [-0.05, 0) is 13.3 Å². The summed E-state index contributed by atoms with van der Waals surface area (Å²) in [6.45, 7) is 2.07. The average molecular weight is 351 g/mol. The van der Waals surface area contributed by atoms with Gasteiger partial charge in [-0.3, -0.25) is 4.79 Å². The number of rotatable bonds is 7. The lowest BCUT2D eigenvalue weighted by Crippen LogP contribution is -2.00. The highest BCUT2D eigenvalue weighted by atomic mass is 32.2. The third-order valence-corrected chi connectivity index (χ3v) is 5.13. The molecule has 0 aliphatic carbocycles. The molecule has 0 fully saturated rings. The van der Waals surface area contributed by atoms with Crippen LogP contribution in [0.1, 0.15) is 28.8 Å². The van der Waals surface area contributed by atoms with E-state index in [2.05, 4.69) is 41.4 Å². The SMILES string of the molecule is Cc1ccc(-c2nnc(SCCCC(=O)c3ccccc3)n2C)cc1. The normalized spacial score (nSPS) is 10.8. The first-order chi connectivity index (χ1) is 12.1. The Kier molecular flexibility index (Phi) is 5.66. The Balaban J connectivity index is 1.54. The van der Waals surface area contributed by atoms with Crippen LogP contribution in [-0.4, -0.2) is 26.3 Å². The van der Waals surface area contributed by atoms with Gasteiger partial charge in [0.1, 0.15) is 0 Å². The predicted molar refractivity (Wildman–Crippen MR) is 102 cm³/mol. The van der Waals surface area contributed by atoms with E-state index >= 15 is 0 Å². The number of benzene rings is 2. The van der Waals surface area contributed by atoms with Crippen LogP contribution in [0, 0.1) is 6.92 Å². The number of aryl methyl sites for hydroxylation is 1. The molecule has 0 aliphatic rings. The van der Waals surface area contributed by atoms with E-state index in [4.69, 9.17) is 0 Å². The topological polar surface area (TPSA) is 47.8 Å². The molecule has 1 heterocycles. The van der Waals surface area contributed by atoms with Gasteiger partial charge >= 0.3 is 0 Å². The molecule has 0 unspecified atom stereocenters. The van der Waals surface area contributed by atoms with Gasteiger partial charge < -0.3 is 4.57 Å². The highest BCUT2D eigenvalue weighted by Crippen LogP contribution is 2.23. The Labute approximate surface area is 152 Å². The number of Topliss-reactive ketones (excluding diaryl/α,β-unsaturated/α-hetero) is 1. The molecule has 3 aromatic rings. The molecule has 0 atom stereocenters. The maximum absolute atomic E-state index is 12.1. The van der Waals surface area contributed by atoms with Crippen molar-refractivity contribution in [2.45, 2.75) is 24.9 Å². The van der Waals surface area contributed by atoms with Crippen molar-refractivity contribution in [1.29, 1.82) is 0 Å². The summed E-state index contributed by atoms with van der Waals surface area (Å²) in [5, 5.41) is 9.46. The van der Waals surface area contributed by atoms with Crippen LogP contribution >= 0.6 is 11.8 Å². The molecule has 0 saturated heterocycles. The summed E-state index contributed by atoms with van der Waals surface area (Å²) in [6, 6.07) is 17.7. The molecule has 0 amide bonds. The van der Waals surface area contributed by atoms with Crippen molar-refractivity contribution in [3.63, 3.8) is 0 Å². The number of ketones is 1. The Bertz CT molecular complexity index is 841. The lowest BCUT2D eigenvalue weighted by Gasteiger charge is -2.04. The van der Waals surface area contributed by atoms with Crippen LogP contribution in [0.15, 0.2) is 59.8 Å². The Hall–Kier alpha value is -2.40. The summed E-state index contributed by atoms with van der Waals surface area (Å²) in [5.41, 5.74) is 3.07. The fourth-order valence-electron chi connectivity index (χ4n) is 2.56. The predicted octanol–water partition coefficient (Wildman–Crippen LogP) is 4.55. The van der Waals surface area contributed by atoms with Gasteiger partial charge in [0.2, 0.25) is 0 Å². The monoisotopic (exact) mass is 351 g/mol. The van der Waals surface area contributed by atoms with Crippen LogP contribution < -0.4 is 0 Å². The van der Waals surface area contributed by atoms with Crippen LogP contribution in [-0.2, 0) is 7.05 Å². The van der Waals surface area contributed by atoms with Crippen molar-refractivity contribution in [1.82, 2.24) is 14.8 Å². The van der Waals surface area contributed by atoms with Gasteiger partial charge in [-0.15, -0.1) is 10.2 Å². The van der Waals surface area contributed by atoms with Crippen molar-refractivity contribution in [3.8, 4) is 11.4 Å². The Morgan fingerprint density at radius 1 is 1.04 bits per heavy atom. The molecule has 128 valence electrons. The molecule has 5 heteroatoms. The summed E-state index contributed by atoms with van der Waals surface area (Å²) < 4.78 is 2.01. The number of carbonyl (C=O) groups excluding carboxylic acids is 1. The fourth-order valence-corrected chi connectivity index (χ4v) is 3.41. The molecule has 1 aromatic heterocycles. The minimum atomic E-state index is 0.194. The lowest BCUT2D eigenvalue weighted by atomic mass is 10.1. The second-order valence-corrected chi connectivity index (χ2v) is 7.03. The average Bonchev–Trinajstić information content (AvgIpc) is 3.01. The molecular weight excluding hydrogens is 330 g/mol. The second-order valence-electron chi connectivity index (χ2n) is 5.97. The third kappa shape index (κ3) is 4.37. The smallest absolute Gasteiger partial charge is 0.191 e. The number of thioether (sulfide) groups is 1. The van der Waals surface area contributed by atoms with E-state index < -0.39 is 0 Å². The van der Waals surface area contributed by atoms with Crippen molar-refractivity contribution in [2.24, 2.45) is 7.05 Å². The van der Waals surface area contributed by atoms with Gasteiger partial charge in [-0.2, -0.15) is 0 Å². The summed E-state index contributed by atoms with van der Waals surface area (Å²) in [4.78, 5) is 12.1. The number of aromatic nitrogens is 3. The molecule has 25 heavy (non-hydrogen) atoms. The van der Waals surface area contributed by atoms with Crippen molar-refractivity contribution < 1.29 is 4.79 Å². The largest absolute Gasteiger partial charge is 0.305 e. The molecule has 4 nitrogen and oxygen atoms in total. The number of carbonyl (C=O) groups is 1. The quantitative estimate of drug-likeness (QED) is 0.356. The number of hydrogen-bond donors (Lipinski definition) is 0. The lowest BCUT2D eigenvalue weighted by molar-refractivity contribution is 0.0982. The molecule has 0 aliphatic heterocycles. The molecule has 2 aromatic carbocycles. The zero-order chi connectivity index (χ0) is 17.6. The van der Waals surface area contributed by atoms with E-state index in [1.807, 2.05) is 41.9 Å². The molecule has 0 bridgehead atoms. The highest BCUT2D eigenvalue weighted by molar-refractivity contribution is 7.99. The van der Waals surface area contributed by atoms with E-state index in [0.29, 0.717) is 6.42 Å². The van der Waals surface area contributed by atoms with Crippen molar-refractivity contribution in [3.05, 3.63) is 65.7 Å². The first-order valence-corrected chi connectivity index (χ1v) is 9.31. The molecule has 0 spiro atoms. The van der Waals surface area contributed by atoms with Crippen molar-refractivity contribution >= 4 is 17.5 Å². The Morgan fingerprint density at radius 3 is 2.48 bits per heavy atom.